The average Bonchev–Trinajstić information content (AvgIpc) is 2.38. The predicted octanol–water partition coefficient (Wildman–Crippen LogP) is 2.01. The van der Waals surface area contributed by atoms with E-state index >= 15 is 0 Å². The molecule has 94 valence electrons. The van der Waals surface area contributed by atoms with Crippen LogP contribution in [-0.2, 0) is 12.8 Å². The van der Waals surface area contributed by atoms with Gasteiger partial charge < -0.3 is 10.2 Å². The van der Waals surface area contributed by atoms with Gasteiger partial charge in [0, 0.05) is 32.7 Å². The summed E-state index contributed by atoms with van der Waals surface area (Å²) in [5.74, 6) is 0. The number of nitrogens with one attached hydrogen (secondary N) is 1. The highest BCUT2D eigenvalue weighted by atomic mass is 15.2. The summed E-state index contributed by atoms with van der Waals surface area (Å²) in [5, 5.41) is 3.40. The molecule has 0 spiro atoms. The highest BCUT2D eigenvalue weighted by Gasteiger charge is 2.10. The van der Waals surface area contributed by atoms with Gasteiger partial charge >= 0.3 is 0 Å². The highest BCUT2D eigenvalue weighted by molar-refractivity contribution is 5.31. The molecule has 2 nitrogen and oxygen atoms in total. The lowest BCUT2D eigenvalue weighted by atomic mass is 10.00. The molecule has 17 heavy (non-hydrogen) atoms. The molecule has 1 aromatic carbocycles. The Morgan fingerprint density at radius 3 is 2.65 bits per heavy atom. The van der Waals surface area contributed by atoms with Crippen LogP contribution in [0.4, 0.5) is 0 Å². The molecule has 0 aliphatic carbocycles. The number of piperazine rings is 1. The molecule has 0 amide bonds. The second-order valence-corrected chi connectivity index (χ2v) is 4.97. The fourth-order valence-electron chi connectivity index (χ4n) is 2.55. The van der Waals surface area contributed by atoms with E-state index < -0.39 is 0 Å². The first-order chi connectivity index (χ1) is 8.29. The minimum absolute atomic E-state index is 1.15. The van der Waals surface area contributed by atoms with E-state index in [1.165, 1.54) is 37.2 Å². The van der Waals surface area contributed by atoms with E-state index in [0.717, 1.165) is 19.5 Å². The molecule has 0 atom stereocenters. The van der Waals surface area contributed by atoms with Gasteiger partial charge in [-0.3, -0.25) is 0 Å². The van der Waals surface area contributed by atoms with Gasteiger partial charge in [-0.25, -0.2) is 0 Å². The number of hydrogen-bond donors (Lipinski definition) is 1. The van der Waals surface area contributed by atoms with Crippen molar-refractivity contribution < 1.29 is 0 Å². The number of benzene rings is 1. The molecular formula is C15H24N2. The molecule has 1 fully saturated rings. The molecule has 1 aliphatic rings. The maximum absolute atomic E-state index is 3.40. The SMILES string of the molecule is CCc1ccc(C)cc1CCN1CCNCC1. The molecule has 0 saturated carbocycles. The quantitative estimate of drug-likeness (QED) is 0.854. The van der Waals surface area contributed by atoms with Gasteiger partial charge in [-0.1, -0.05) is 30.7 Å². The third-order valence-corrected chi connectivity index (χ3v) is 3.65. The van der Waals surface area contributed by atoms with Gasteiger partial charge in [-0.2, -0.15) is 0 Å². The number of nitrogens with zero attached hydrogens (tertiary/aromatic N) is 1. The van der Waals surface area contributed by atoms with Crippen molar-refractivity contribution in [3.63, 3.8) is 0 Å². The second-order valence-electron chi connectivity index (χ2n) is 4.97. The molecular weight excluding hydrogens is 208 g/mol. The molecule has 0 unspecified atom stereocenters. The largest absolute Gasteiger partial charge is 0.314 e. The number of hydrogen-bond acceptors (Lipinski definition) is 2. The lowest BCUT2D eigenvalue weighted by molar-refractivity contribution is 0.243. The Balaban J connectivity index is 1.95. The zero-order valence-corrected chi connectivity index (χ0v) is 11.1. The Hall–Kier alpha value is -0.860. The first-order valence-corrected chi connectivity index (χ1v) is 6.81. The Bertz CT molecular complexity index is 354. The lowest BCUT2D eigenvalue weighted by Crippen LogP contribution is -2.44. The van der Waals surface area contributed by atoms with Crippen molar-refractivity contribution >= 4 is 0 Å². The first-order valence-electron chi connectivity index (χ1n) is 6.81. The maximum atomic E-state index is 3.40. The van der Waals surface area contributed by atoms with E-state index in [0.29, 0.717) is 0 Å². The lowest BCUT2D eigenvalue weighted by Gasteiger charge is -2.27. The number of aryl methyl sites for hydroxylation is 2. The van der Waals surface area contributed by atoms with Gasteiger partial charge in [0.05, 0.1) is 0 Å². The van der Waals surface area contributed by atoms with Crippen LogP contribution in [0.5, 0.6) is 0 Å². The summed E-state index contributed by atoms with van der Waals surface area (Å²) >= 11 is 0. The molecule has 1 aliphatic heterocycles. The Labute approximate surface area is 105 Å². The summed E-state index contributed by atoms with van der Waals surface area (Å²) < 4.78 is 0. The van der Waals surface area contributed by atoms with E-state index in [4.69, 9.17) is 0 Å². The van der Waals surface area contributed by atoms with Gasteiger partial charge in [0.1, 0.15) is 0 Å². The van der Waals surface area contributed by atoms with Gasteiger partial charge in [-0.05, 0) is 30.9 Å². The van der Waals surface area contributed by atoms with Crippen molar-refractivity contribution in [3.8, 4) is 0 Å². The van der Waals surface area contributed by atoms with E-state index in [9.17, 15) is 0 Å². The third kappa shape index (κ3) is 3.55. The molecule has 0 bridgehead atoms. The van der Waals surface area contributed by atoms with Crippen LogP contribution in [0.2, 0.25) is 0 Å². The van der Waals surface area contributed by atoms with Crippen molar-refractivity contribution in [1.29, 1.82) is 0 Å². The van der Waals surface area contributed by atoms with Crippen molar-refractivity contribution in [3.05, 3.63) is 34.9 Å². The molecule has 1 N–H and O–H groups in total. The zero-order chi connectivity index (χ0) is 12.1. The van der Waals surface area contributed by atoms with Crippen molar-refractivity contribution in [2.24, 2.45) is 0 Å². The standard InChI is InChI=1S/C15H24N2/c1-3-14-5-4-13(2)12-15(14)6-9-17-10-7-16-8-11-17/h4-5,12,16H,3,6-11H2,1-2H3. The monoisotopic (exact) mass is 232 g/mol. The van der Waals surface area contributed by atoms with Gasteiger partial charge in [-0.15, -0.1) is 0 Å². The van der Waals surface area contributed by atoms with E-state index in [2.05, 4.69) is 42.3 Å². The molecule has 1 saturated heterocycles. The Kier molecular flexibility index (Phi) is 4.57. The van der Waals surface area contributed by atoms with Crippen LogP contribution in [0.1, 0.15) is 23.6 Å². The molecule has 2 heteroatoms. The Morgan fingerprint density at radius 2 is 1.94 bits per heavy atom. The fourth-order valence-corrected chi connectivity index (χ4v) is 2.55. The molecule has 2 rings (SSSR count). The predicted molar refractivity (Wildman–Crippen MR) is 73.6 cm³/mol. The van der Waals surface area contributed by atoms with Gasteiger partial charge in [0.15, 0.2) is 0 Å². The topological polar surface area (TPSA) is 15.3 Å². The van der Waals surface area contributed by atoms with Crippen LogP contribution in [0, 0.1) is 6.92 Å². The van der Waals surface area contributed by atoms with Crippen LogP contribution >= 0.6 is 0 Å². The molecule has 0 radical (unpaired) electrons. The van der Waals surface area contributed by atoms with Crippen LogP contribution in [-0.4, -0.2) is 37.6 Å². The van der Waals surface area contributed by atoms with E-state index in [1.54, 1.807) is 5.56 Å². The smallest absolute Gasteiger partial charge is 0.0108 e. The van der Waals surface area contributed by atoms with Crippen LogP contribution in [0.3, 0.4) is 0 Å². The van der Waals surface area contributed by atoms with Crippen LogP contribution in [0.25, 0.3) is 0 Å². The van der Waals surface area contributed by atoms with E-state index in [1.807, 2.05) is 0 Å². The van der Waals surface area contributed by atoms with Crippen molar-refractivity contribution in [2.45, 2.75) is 26.7 Å². The minimum atomic E-state index is 1.15. The van der Waals surface area contributed by atoms with E-state index in [-0.39, 0.29) is 0 Å². The first kappa shape index (κ1) is 12.6. The van der Waals surface area contributed by atoms with Gasteiger partial charge in [0.25, 0.3) is 0 Å². The zero-order valence-electron chi connectivity index (χ0n) is 11.1. The van der Waals surface area contributed by atoms with Crippen LogP contribution < -0.4 is 5.32 Å². The summed E-state index contributed by atoms with van der Waals surface area (Å²) in [6.07, 6.45) is 2.35. The Morgan fingerprint density at radius 1 is 1.18 bits per heavy atom. The molecule has 0 aromatic heterocycles. The minimum Gasteiger partial charge on any atom is -0.314 e. The third-order valence-electron chi connectivity index (χ3n) is 3.65. The summed E-state index contributed by atoms with van der Waals surface area (Å²) in [4.78, 5) is 2.57. The normalized spacial score (nSPS) is 17.3. The van der Waals surface area contributed by atoms with Gasteiger partial charge in [0.2, 0.25) is 0 Å². The summed E-state index contributed by atoms with van der Waals surface area (Å²) in [6.45, 7) is 10.3. The fraction of sp³-hybridized carbons (Fsp3) is 0.600. The van der Waals surface area contributed by atoms with Crippen molar-refractivity contribution in [1.82, 2.24) is 10.2 Å². The average molecular weight is 232 g/mol. The molecule has 1 aromatic rings. The summed E-state index contributed by atoms with van der Waals surface area (Å²) in [6, 6.07) is 6.89. The van der Waals surface area contributed by atoms with Crippen LogP contribution in [0.15, 0.2) is 18.2 Å². The second kappa shape index (κ2) is 6.18. The number of rotatable bonds is 4. The summed E-state index contributed by atoms with van der Waals surface area (Å²) in [7, 11) is 0. The highest BCUT2D eigenvalue weighted by Crippen LogP contribution is 2.13. The van der Waals surface area contributed by atoms with Crippen molar-refractivity contribution in [2.75, 3.05) is 32.7 Å². The molecule has 1 heterocycles. The maximum Gasteiger partial charge on any atom is 0.0108 e. The summed E-state index contributed by atoms with van der Waals surface area (Å²) in [5.41, 5.74) is 4.45.